The van der Waals surface area contributed by atoms with Gasteiger partial charge in [0.2, 0.25) is 0 Å². The van der Waals surface area contributed by atoms with Crippen LogP contribution in [0.4, 0.5) is 11.4 Å². The van der Waals surface area contributed by atoms with Crippen LogP contribution in [0.5, 0.6) is 0 Å². The zero-order valence-electron chi connectivity index (χ0n) is 16.5. The van der Waals surface area contributed by atoms with Gasteiger partial charge in [-0.15, -0.1) is 0 Å². The van der Waals surface area contributed by atoms with E-state index in [0.717, 1.165) is 4.47 Å². The van der Waals surface area contributed by atoms with Crippen LogP contribution < -0.4 is 10.2 Å². The zero-order valence-corrected chi connectivity index (χ0v) is 18.9. The number of aryl methyl sites for hydroxylation is 1. The SMILES string of the molecule is Cc1cc([N+](=O)[O-])ccc1-c1ccc(C=C2C(=O)NC(=S)N(c3ccc(Br)cc3)C2=O)o1. The predicted octanol–water partition coefficient (Wildman–Crippen LogP) is 4.76. The second-order valence-electron chi connectivity index (χ2n) is 6.89. The number of benzene rings is 2. The standard InChI is InChI=1S/C22H14BrN3O5S/c1-12-10-15(26(29)30)6-8-17(12)19-9-7-16(31-19)11-18-20(27)24-22(32)25(21(18)28)14-4-2-13(23)3-5-14/h2-11H,1H3,(H,24,27,32). The summed E-state index contributed by atoms with van der Waals surface area (Å²) in [6, 6.07) is 14.6. The number of nitrogens with one attached hydrogen (secondary N) is 1. The molecule has 8 nitrogen and oxygen atoms in total. The number of non-ortho nitro benzene ring substituents is 1. The van der Waals surface area contributed by atoms with E-state index >= 15 is 0 Å². The van der Waals surface area contributed by atoms with Crippen LogP contribution in [-0.4, -0.2) is 21.9 Å². The molecule has 1 aliphatic heterocycles. The summed E-state index contributed by atoms with van der Waals surface area (Å²) < 4.78 is 6.63. The molecule has 3 aromatic rings. The Labute approximate surface area is 195 Å². The molecule has 1 fully saturated rings. The topological polar surface area (TPSA) is 106 Å². The Kier molecular flexibility index (Phi) is 5.72. The fourth-order valence-corrected chi connectivity index (χ4v) is 3.78. The van der Waals surface area contributed by atoms with E-state index in [4.69, 9.17) is 16.6 Å². The number of nitro groups is 1. The molecule has 160 valence electrons. The summed E-state index contributed by atoms with van der Waals surface area (Å²) in [5.74, 6) is -0.476. The van der Waals surface area contributed by atoms with Gasteiger partial charge in [0.15, 0.2) is 5.11 Å². The first-order valence-electron chi connectivity index (χ1n) is 9.27. The van der Waals surface area contributed by atoms with E-state index in [0.29, 0.717) is 22.6 Å². The van der Waals surface area contributed by atoms with Crippen LogP contribution in [0.15, 0.2) is 69.1 Å². The van der Waals surface area contributed by atoms with Crippen molar-refractivity contribution in [3.8, 4) is 11.3 Å². The van der Waals surface area contributed by atoms with E-state index < -0.39 is 16.7 Å². The molecular weight excluding hydrogens is 498 g/mol. The number of halogens is 1. The van der Waals surface area contributed by atoms with Gasteiger partial charge < -0.3 is 4.42 Å². The minimum Gasteiger partial charge on any atom is -0.457 e. The highest BCUT2D eigenvalue weighted by atomic mass is 79.9. The summed E-state index contributed by atoms with van der Waals surface area (Å²) in [4.78, 5) is 37.2. The summed E-state index contributed by atoms with van der Waals surface area (Å²) >= 11 is 8.53. The Morgan fingerprint density at radius 2 is 1.84 bits per heavy atom. The number of hydrogen-bond donors (Lipinski definition) is 1. The molecule has 0 atom stereocenters. The smallest absolute Gasteiger partial charge is 0.270 e. The van der Waals surface area contributed by atoms with E-state index in [9.17, 15) is 19.7 Å². The largest absolute Gasteiger partial charge is 0.457 e. The Morgan fingerprint density at radius 3 is 2.50 bits per heavy atom. The van der Waals surface area contributed by atoms with Crippen LogP contribution in [-0.2, 0) is 9.59 Å². The van der Waals surface area contributed by atoms with E-state index in [1.165, 1.54) is 23.1 Å². The summed E-state index contributed by atoms with van der Waals surface area (Å²) in [6.45, 7) is 1.73. The lowest BCUT2D eigenvalue weighted by molar-refractivity contribution is -0.384. The first-order chi connectivity index (χ1) is 15.2. The molecule has 0 saturated carbocycles. The van der Waals surface area contributed by atoms with Crippen molar-refractivity contribution in [3.63, 3.8) is 0 Å². The van der Waals surface area contributed by atoms with E-state index in [1.54, 1.807) is 49.4 Å². The van der Waals surface area contributed by atoms with Crippen molar-refractivity contribution in [3.05, 3.63) is 86.1 Å². The maximum absolute atomic E-state index is 13.1. The predicted molar refractivity (Wildman–Crippen MR) is 126 cm³/mol. The third-order valence-electron chi connectivity index (χ3n) is 4.79. The molecule has 1 aromatic heterocycles. The molecule has 4 rings (SSSR count). The number of carbonyl (C=O) groups is 2. The molecule has 2 heterocycles. The molecule has 0 unspecified atom stereocenters. The van der Waals surface area contributed by atoms with Gasteiger partial charge in [-0.2, -0.15) is 0 Å². The third-order valence-corrected chi connectivity index (χ3v) is 5.60. The van der Waals surface area contributed by atoms with Gasteiger partial charge in [-0.1, -0.05) is 15.9 Å². The summed E-state index contributed by atoms with van der Waals surface area (Å²) in [5, 5.41) is 13.5. The molecule has 0 radical (unpaired) electrons. The highest BCUT2D eigenvalue weighted by Crippen LogP contribution is 2.30. The number of amides is 2. The first kappa shape index (κ1) is 21.6. The number of nitro benzene ring substituents is 1. The van der Waals surface area contributed by atoms with Crippen molar-refractivity contribution in [1.29, 1.82) is 0 Å². The van der Waals surface area contributed by atoms with Gasteiger partial charge in [0.05, 0.1) is 10.6 Å². The van der Waals surface area contributed by atoms with Gasteiger partial charge in [0.1, 0.15) is 17.1 Å². The number of hydrogen-bond acceptors (Lipinski definition) is 6. The molecule has 1 saturated heterocycles. The van der Waals surface area contributed by atoms with Crippen molar-refractivity contribution in [2.45, 2.75) is 6.92 Å². The Hall–Kier alpha value is -3.63. The second kappa shape index (κ2) is 8.48. The Bertz CT molecular complexity index is 1310. The normalized spacial score (nSPS) is 15.2. The zero-order chi connectivity index (χ0) is 23.0. The van der Waals surface area contributed by atoms with Crippen LogP contribution in [0.2, 0.25) is 0 Å². The fourth-order valence-electron chi connectivity index (χ4n) is 3.24. The maximum atomic E-state index is 13.1. The lowest BCUT2D eigenvalue weighted by Gasteiger charge is -2.28. The van der Waals surface area contributed by atoms with Crippen molar-refractivity contribution >= 4 is 62.5 Å². The van der Waals surface area contributed by atoms with Crippen LogP contribution in [0.25, 0.3) is 17.4 Å². The number of rotatable bonds is 4. The highest BCUT2D eigenvalue weighted by molar-refractivity contribution is 9.10. The number of anilines is 1. The Morgan fingerprint density at radius 1 is 1.12 bits per heavy atom. The molecule has 1 N–H and O–H groups in total. The number of nitrogens with zero attached hydrogens (tertiary/aromatic N) is 2. The van der Waals surface area contributed by atoms with E-state index in [-0.39, 0.29) is 22.1 Å². The second-order valence-corrected chi connectivity index (χ2v) is 8.19. The van der Waals surface area contributed by atoms with Gasteiger partial charge in [0.25, 0.3) is 17.5 Å². The number of carbonyl (C=O) groups excluding carboxylic acids is 2. The molecule has 0 spiro atoms. The number of furan rings is 1. The van der Waals surface area contributed by atoms with Crippen LogP contribution in [0, 0.1) is 17.0 Å². The highest BCUT2D eigenvalue weighted by Gasteiger charge is 2.34. The molecule has 0 bridgehead atoms. The monoisotopic (exact) mass is 511 g/mol. The van der Waals surface area contributed by atoms with Gasteiger partial charge in [-0.3, -0.25) is 29.9 Å². The lowest BCUT2D eigenvalue weighted by Crippen LogP contribution is -2.54. The first-order valence-corrected chi connectivity index (χ1v) is 10.5. The van der Waals surface area contributed by atoms with Crippen molar-refractivity contribution in [2.75, 3.05) is 4.90 Å². The molecule has 32 heavy (non-hydrogen) atoms. The molecule has 0 aliphatic carbocycles. The summed E-state index contributed by atoms with van der Waals surface area (Å²) in [6.07, 6.45) is 1.34. The minimum atomic E-state index is -0.627. The summed E-state index contributed by atoms with van der Waals surface area (Å²) in [7, 11) is 0. The van der Waals surface area contributed by atoms with Crippen LogP contribution >= 0.6 is 28.1 Å². The van der Waals surface area contributed by atoms with E-state index in [1.807, 2.05) is 0 Å². The minimum absolute atomic E-state index is 0.0129. The van der Waals surface area contributed by atoms with Crippen molar-refractivity contribution < 1.29 is 18.9 Å². The summed E-state index contributed by atoms with van der Waals surface area (Å²) in [5.41, 5.74) is 1.68. The molecular formula is C22H14BrN3O5S. The average molecular weight is 512 g/mol. The van der Waals surface area contributed by atoms with Gasteiger partial charge in [0, 0.05) is 22.2 Å². The van der Waals surface area contributed by atoms with Gasteiger partial charge in [-0.05, 0) is 73.2 Å². The van der Waals surface area contributed by atoms with Crippen LogP contribution in [0.1, 0.15) is 11.3 Å². The fraction of sp³-hybridized carbons (Fsp3) is 0.0455. The molecule has 2 aromatic carbocycles. The lowest BCUT2D eigenvalue weighted by atomic mass is 10.1. The van der Waals surface area contributed by atoms with Crippen molar-refractivity contribution in [2.24, 2.45) is 0 Å². The average Bonchev–Trinajstić information content (AvgIpc) is 3.20. The van der Waals surface area contributed by atoms with Crippen molar-refractivity contribution in [1.82, 2.24) is 5.32 Å². The quantitative estimate of drug-likeness (QED) is 0.178. The van der Waals surface area contributed by atoms with Gasteiger partial charge >= 0.3 is 0 Å². The van der Waals surface area contributed by atoms with E-state index in [2.05, 4.69) is 21.2 Å². The molecule has 10 heteroatoms. The molecule has 2 amide bonds. The Balaban J connectivity index is 1.66. The van der Waals surface area contributed by atoms with Crippen LogP contribution in [0.3, 0.4) is 0 Å². The van der Waals surface area contributed by atoms with Gasteiger partial charge in [-0.25, -0.2) is 0 Å². The molecule has 1 aliphatic rings. The number of thiocarbonyl (C=S) groups is 1. The third kappa shape index (κ3) is 4.10. The maximum Gasteiger partial charge on any atom is 0.270 e.